The minimum atomic E-state index is 0.615. The van der Waals surface area contributed by atoms with Crippen molar-refractivity contribution >= 4 is 11.6 Å². The average Bonchev–Trinajstić information content (AvgIpc) is 2.46. The Morgan fingerprint density at radius 1 is 1.17 bits per heavy atom. The second-order valence-electron chi connectivity index (χ2n) is 3.68. The van der Waals surface area contributed by atoms with Gasteiger partial charge in [0.1, 0.15) is 5.75 Å². The van der Waals surface area contributed by atoms with Crippen molar-refractivity contribution in [2.24, 2.45) is 0 Å². The molecule has 2 rings (SSSR count). The normalized spacial score (nSPS) is 10.8. The number of nitrogens with zero attached hydrogens (tertiary/aromatic N) is 2. The molecular weight excluding hydrogens is 224 g/mol. The van der Waals surface area contributed by atoms with Gasteiger partial charge in [-0.25, -0.2) is 0 Å². The highest BCUT2D eigenvalue weighted by atomic mass is 16.5. The summed E-state index contributed by atoms with van der Waals surface area (Å²) in [7, 11) is 1.62. The van der Waals surface area contributed by atoms with Crippen LogP contribution in [0, 0.1) is 11.3 Å². The molecule has 0 atom stereocenters. The van der Waals surface area contributed by atoms with E-state index in [1.54, 1.807) is 19.5 Å². The Balaban J connectivity index is 2.34. The van der Waals surface area contributed by atoms with Crippen molar-refractivity contribution in [3.05, 3.63) is 59.9 Å². The van der Waals surface area contributed by atoms with Crippen LogP contribution in [-0.2, 0) is 0 Å². The van der Waals surface area contributed by atoms with Crippen LogP contribution in [-0.4, -0.2) is 12.1 Å². The summed E-state index contributed by atoms with van der Waals surface area (Å²) >= 11 is 0. The van der Waals surface area contributed by atoms with Crippen LogP contribution in [0.25, 0.3) is 11.6 Å². The third-order valence-electron chi connectivity index (χ3n) is 2.54. The van der Waals surface area contributed by atoms with Crippen molar-refractivity contribution in [3.63, 3.8) is 0 Å². The first kappa shape index (κ1) is 11.9. The van der Waals surface area contributed by atoms with Gasteiger partial charge in [-0.15, -0.1) is 0 Å². The topological polar surface area (TPSA) is 45.9 Å². The van der Waals surface area contributed by atoms with Crippen LogP contribution in [0.1, 0.15) is 11.1 Å². The van der Waals surface area contributed by atoms with Crippen LogP contribution in [0.15, 0.2) is 48.8 Å². The first-order valence-electron chi connectivity index (χ1n) is 5.50. The summed E-state index contributed by atoms with van der Waals surface area (Å²) in [6, 6.07) is 13.3. The number of hydrogen-bond donors (Lipinski definition) is 0. The number of nitriles is 1. The minimum Gasteiger partial charge on any atom is -0.497 e. The molecule has 88 valence electrons. The Morgan fingerprint density at radius 3 is 2.39 bits per heavy atom. The Bertz CT molecular complexity index is 580. The fourth-order valence-corrected chi connectivity index (χ4v) is 1.58. The zero-order valence-electron chi connectivity index (χ0n) is 10.00. The largest absolute Gasteiger partial charge is 0.497 e. The number of hydrogen-bond acceptors (Lipinski definition) is 3. The lowest BCUT2D eigenvalue weighted by Crippen LogP contribution is -1.85. The fraction of sp³-hybridized carbons (Fsp3) is 0.0667. The molecule has 0 bridgehead atoms. The molecule has 1 aromatic heterocycles. The maximum atomic E-state index is 9.20. The number of aromatic nitrogens is 1. The maximum absolute atomic E-state index is 9.20. The van der Waals surface area contributed by atoms with Gasteiger partial charge in [0.25, 0.3) is 0 Å². The standard InChI is InChI=1S/C15H12N2O/c1-18-15-4-2-13(3-5-15)14(11-16)10-12-6-8-17-9-7-12/h2-10H,1H3. The van der Waals surface area contributed by atoms with Gasteiger partial charge in [0.2, 0.25) is 0 Å². The average molecular weight is 236 g/mol. The van der Waals surface area contributed by atoms with Gasteiger partial charge in [0.05, 0.1) is 18.8 Å². The monoisotopic (exact) mass is 236 g/mol. The van der Waals surface area contributed by atoms with Gasteiger partial charge in [-0.2, -0.15) is 5.26 Å². The molecule has 0 N–H and O–H groups in total. The van der Waals surface area contributed by atoms with Gasteiger partial charge in [0, 0.05) is 12.4 Å². The van der Waals surface area contributed by atoms with Crippen molar-refractivity contribution in [1.82, 2.24) is 4.98 Å². The highest BCUT2D eigenvalue weighted by molar-refractivity contribution is 5.89. The predicted molar refractivity (Wildman–Crippen MR) is 70.7 cm³/mol. The van der Waals surface area contributed by atoms with Crippen molar-refractivity contribution in [1.29, 1.82) is 5.26 Å². The summed E-state index contributed by atoms with van der Waals surface area (Å²) in [5.41, 5.74) is 2.44. The Labute approximate surface area is 106 Å². The van der Waals surface area contributed by atoms with E-state index in [0.29, 0.717) is 5.57 Å². The first-order chi connectivity index (χ1) is 8.83. The second kappa shape index (κ2) is 5.65. The van der Waals surface area contributed by atoms with E-state index in [0.717, 1.165) is 16.9 Å². The zero-order valence-corrected chi connectivity index (χ0v) is 10.00. The quantitative estimate of drug-likeness (QED) is 0.769. The third kappa shape index (κ3) is 2.74. The number of allylic oxidation sites excluding steroid dienone is 1. The third-order valence-corrected chi connectivity index (χ3v) is 2.54. The number of pyridine rings is 1. The molecule has 1 aromatic carbocycles. The molecule has 0 aliphatic carbocycles. The number of benzene rings is 1. The SMILES string of the molecule is COc1ccc(C(C#N)=Cc2ccncc2)cc1. The highest BCUT2D eigenvalue weighted by Crippen LogP contribution is 2.20. The molecule has 0 aliphatic heterocycles. The Hall–Kier alpha value is -2.60. The maximum Gasteiger partial charge on any atom is 0.118 e. The molecule has 3 nitrogen and oxygen atoms in total. The second-order valence-corrected chi connectivity index (χ2v) is 3.68. The van der Waals surface area contributed by atoms with E-state index < -0.39 is 0 Å². The lowest BCUT2D eigenvalue weighted by atomic mass is 10.0. The van der Waals surface area contributed by atoms with Crippen molar-refractivity contribution in [2.45, 2.75) is 0 Å². The van der Waals surface area contributed by atoms with E-state index in [4.69, 9.17) is 4.74 Å². The molecular formula is C15H12N2O. The summed E-state index contributed by atoms with van der Waals surface area (Å²) in [5, 5.41) is 9.20. The lowest BCUT2D eigenvalue weighted by Gasteiger charge is -2.02. The van der Waals surface area contributed by atoms with E-state index >= 15 is 0 Å². The molecule has 0 unspecified atom stereocenters. The highest BCUT2D eigenvalue weighted by Gasteiger charge is 2.01. The first-order valence-corrected chi connectivity index (χ1v) is 5.50. The summed E-state index contributed by atoms with van der Waals surface area (Å²) in [5.74, 6) is 0.778. The van der Waals surface area contributed by atoms with Crippen molar-refractivity contribution < 1.29 is 4.74 Å². The number of ether oxygens (including phenoxy) is 1. The Kier molecular flexibility index (Phi) is 3.72. The molecule has 0 radical (unpaired) electrons. The molecule has 0 amide bonds. The molecule has 0 aliphatic rings. The molecule has 0 fully saturated rings. The van der Waals surface area contributed by atoms with Gasteiger partial charge in [-0.1, -0.05) is 0 Å². The summed E-state index contributed by atoms with van der Waals surface area (Å²) < 4.78 is 5.09. The molecule has 0 saturated carbocycles. The summed E-state index contributed by atoms with van der Waals surface area (Å²) in [4.78, 5) is 3.95. The van der Waals surface area contributed by atoms with Crippen molar-refractivity contribution in [2.75, 3.05) is 7.11 Å². The van der Waals surface area contributed by atoms with Crippen LogP contribution in [0.4, 0.5) is 0 Å². The molecule has 0 saturated heterocycles. The minimum absolute atomic E-state index is 0.615. The zero-order chi connectivity index (χ0) is 12.8. The van der Waals surface area contributed by atoms with Crippen LogP contribution in [0.5, 0.6) is 5.75 Å². The van der Waals surface area contributed by atoms with Crippen LogP contribution in [0.2, 0.25) is 0 Å². The molecule has 1 heterocycles. The van der Waals surface area contributed by atoms with Gasteiger partial charge >= 0.3 is 0 Å². The van der Waals surface area contributed by atoms with Crippen LogP contribution < -0.4 is 4.74 Å². The summed E-state index contributed by atoms with van der Waals surface area (Å²) in [6.45, 7) is 0. The number of methoxy groups -OCH3 is 1. The molecule has 18 heavy (non-hydrogen) atoms. The van der Waals surface area contributed by atoms with E-state index in [1.165, 1.54) is 0 Å². The predicted octanol–water partition coefficient (Wildman–Crippen LogP) is 3.15. The van der Waals surface area contributed by atoms with Crippen LogP contribution in [0.3, 0.4) is 0 Å². The van der Waals surface area contributed by atoms with E-state index in [2.05, 4.69) is 11.1 Å². The van der Waals surface area contributed by atoms with E-state index in [9.17, 15) is 5.26 Å². The fourth-order valence-electron chi connectivity index (χ4n) is 1.58. The van der Waals surface area contributed by atoms with Crippen molar-refractivity contribution in [3.8, 4) is 11.8 Å². The number of rotatable bonds is 3. The molecule has 0 spiro atoms. The van der Waals surface area contributed by atoms with E-state index in [-0.39, 0.29) is 0 Å². The molecule has 2 aromatic rings. The van der Waals surface area contributed by atoms with E-state index in [1.807, 2.05) is 42.5 Å². The van der Waals surface area contributed by atoms with Gasteiger partial charge in [-0.05, 0) is 53.6 Å². The van der Waals surface area contributed by atoms with Gasteiger partial charge in [0.15, 0.2) is 0 Å². The van der Waals surface area contributed by atoms with Gasteiger partial charge < -0.3 is 4.74 Å². The summed E-state index contributed by atoms with van der Waals surface area (Å²) in [6.07, 6.45) is 5.24. The Morgan fingerprint density at radius 2 is 1.83 bits per heavy atom. The lowest BCUT2D eigenvalue weighted by molar-refractivity contribution is 0.415. The molecule has 3 heteroatoms. The smallest absolute Gasteiger partial charge is 0.118 e. The van der Waals surface area contributed by atoms with Crippen LogP contribution >= 0.6 is 0 Å². The van der Waals surface area contributed by atoms with Gasteiger partial charge in [-0.3, -0.25) is 4.98 Å².